The average Bonchev–Trinajstić information content (AvgIpc) is 3.11. The monoisotopic (exact) mass is 451 g/mol. The summed E-state index contributed by atoms with van der Waals surface area (Å²) in [6.45, 7) is 5.28. The van der Waals surface area contributed by atoms with Crippen LogP contribution in [0.2, 0.25) is 5.02 Å². The molecule has 1 aliphatic heterocycles. The lowest BCUT2D eigenvalue weighted by Gasteiger charge is -2.21. The predicted octanol–water partition coefficient (Wildman–Crippen LogP) is 3.38. The number of rotatable bonds is 8. The maximum Gasteiger partial charge on any atom is 0.243 e. The second kappa shape index (κ2) is 9.24. The molecule has 0 aliphatic carbocycles. The van der Waals surface area contributed by atoms with Gasteiger partial charge in [-0.3, -0.25) is 4.79 Å². The fourth-order valence-electron chi connectivity index (χ4n) is 3.62. The third kappa shape index (κ3) is 4.55. The molecule has 0 aromatic heterocycles. The quantitative estimate of drug-likeness (QED) is 0.665. The fraction of sp³-hybridized carbons (Fsp3) is 0.381. The van der Waals surface area contributed by atoms with Gasteiger partial charge in [0.25, 0.3) is 0 Å². The number of nitrogens with zero attached hydrogens (tertiary/aromatic N) is 2. The Morgan fingerprint density at radius 1 is 1.20 bits per heavy atom. The van der Waals surface area contributed by atoms with Crippen LogP contribution in [0.3, 0.4) is 0 Å². The van der Waals surface area contributed by atoms with Crippen LogP contribution in [-0.4, -0.2) is 51.9 Å². The largest absolute Gasteiger partial charge is 0.495 e. The van der Waals surface area contributed by atoms with Crippen molar-refractivity contribution in [3.8, 4) is 5.75 Å². The number of sulfonamides is 1. The molecule has 1 N–H and O–H groups in total. The number of fused-ring (bicyclic) bond motifs is 1. The Morgan fingerprint density at radius 3 is 2.60 bits per heavy atom. The van der Waals surface area contributed by atoms with Gasteiger partial charge in [-0.15, -0.1) is 0 Å². The molecule has 0 fully saturated rings. The van der Waals surface area contributed by atoms with Crippen LogP contribution in [0.15, 0.2) is 41.3 Å². The van der Waals surface area contributed by atoms with Crippen molar-refractivity contribution in [2.24, 2.45) is 0 Å². The van der Waals surface area contributed by atoms with E-state index in [1.165, 1.54) is 11.4 Å². The summed E-state index contributed by atoms with van der Waals surface area (Å²) < 4.78 is 32.2. The van der Waals surface area contributed by atoms with Gasteiger partial charge < -0.3 is 15.0 Å². The standard InChI is InChI=1S/C21H26ClN3O4S/c1-4-25(5-2)30(27,28)17-7-8-19-15(12-17)10-11-24(19)14-21(26)23-18-13-16(22)6-9-20(18)29-3/h6-9,12-13H,4-5,10-11,14H2,1-3H3,(H,23,26). The zero-order valence-electron chi connectivity index (χ0n) is 17.3. The first kappa shape index (κ1) is 22.4. The molecule has 1 aliphatic rings. The SMILES string of the molecule is CCN(CC)S(=O)(=O)c1ccc2c(c1)CCN2CC(=O)Nc1cc(Cl)ccc1OC. The first-order chi connectivity index (χ1) is 14.3. The Bertz CT molecular complexity index is 1040. The minimum Gasteiger partial charge on any atom is -0.495 e. The van der Waals surface area contributed by atoms with Crippen LogP contribution in [0.5, 0.6) is 5.75 Å². The maximum atomic E-state index is 12.8. The number of anilines is 2. The molecule has 30 heavy (non-hydrogen) atoms. The molecule has 0 unspecified atom stereocenters. The third-order valence-corrected chi connectivity index (χ3v) is 7.44. The van der Waals surface area contributed by atoms with E-state index < -0.39 is 10.0 Å². The van der Waals surface area contributed by atoms with Gasteiger partial charge >= 0.3 is 0 Å². The summed E-state index contributed by atoms with van der Waals surface area (Å²) in [6.07, 6.45) is 0.685. The normalized spacial score (nSPS) is 13.4. The van der Waals surface area contributed by atoms with Gasteiger partial charge in [0.2, 0.25) is 15.9 Å². The topological polar surface area (TPSA) is 79.0 Å². The molecule has 162 valence electrons. The molecule has 0 radical (unpaired) electrons. The third-order valence-electron chi connectivity index (χ3n) is 5.16. The lowest BCUT2D eigenvalue weighted by atomic mass is 10.2. The highest BCUT2D eigenvalue weighted by Gasteiger charge is 2.26. The number of hydrogen-bond donors (Lipinski definition) is 1. The number of halogens is 1. The van der Waals surface area contributed by atoms with Gasteiger partial charge in [0.15, 0.2) is 0 Å². The van der Waals surface area contributed by atoms with E-state index in [0.29, 0.717) is 47.4 Å². The smallest absolute Gasteiger partial charge is 0.243 e. The van der Waals surface area contributed by atoms with E-state index in [0.717, 1.165) is 11.3 Å². The van der Waals surface area contributed by atoms with E-state index in [-0.39, 0.29) is 12.5 Å². The highest BCUT2D eigenvalue weighted by molar-refractivity contribution is 7.89. The second-order valence-corrected chi connectivity index (χ2v) is 9.32. The highest BCUT2D eigenvalue weighted by atomic mass is 35.5. The molecular weight excluding hydrogens is 426 g/mol. The summed E-state index contributed by atoms with van der Waals surface area (Å²) in [4.78, 5) is 14.8. The van der Waals surface area contributed by atoms with E-state index in [4.69, 9.17) is 16.3 Å². The van der Waals surface area contributed by atoms with E-state index in [9.17, 15) is 13.2 Å². The van der Waals surface area contributed by atoms with Crippen molar-refractivity contribution in [1.29, 1.82) is 0 Å². The van der Waals surface area contributed by atoms with Crippen molar-refractivity contribution in [3.05, 3.63) is 47.0 Å². The van der Waals surface area contributed by atoms with Gasteiger partial charge in [-0.2, -0.15) is 4.31 Å². The van der Waals surface area contributed by atoms with Crippen molar-refractivity contribution < 1.29 is 17.9 Å². The Hall–Kier alpha value is -2.29. The molecule has 9 heteroatoms. The van der Waals surface area contributed by atoms with Crippen LogP contribution in [0.25, 0.3) is 0 Å². The van der Waals surface area contributed by atoms with Crippen LogP contribution in [-0.2, 0) is 21.2 Å². The summed E-state index contributed by atoms with van der Waals surface area (Å²) in [5, 5.41) is 3.33. The molecule has 0 saturated heterocycles. The zero-order chi connectivity index (χ0) is 21.9. The van der Waals surface area contributed by atoms with Crippen LogP contribution < -0.4 is 15.0 Å². The van der Waals surface area contributed by atoms with Gasteiger partial charge in [-0.25, -0.2) is 8.42 Å². The minimum atomic E-state index is -3.51. The first-order valence-corrected chi connectivity index (χ1v) is 11.6. The lowest BCUT2D eigenvalue weighted by Crippen LogP contribution is -2.32. The molecule has 0 bridgehead atoms. The molecule has 3 rings (SSSR count). The van der Waals surface area contributed by atoms with Crippen molar-refractivity contribution in [2.75, 3.05) is 43.5 Å². The Balaban J connectivity index is 1.75. The number of amides is 1. The van der Waals surface area contributed by atoms with Gasteiger partial charge in [-0.1, -0.05) is 25.4 Å². The van der Waals surface area contributed by atoms with Crippen LogP contribution in [0.1, 0.15) is 19.4 Å². The number of methoxy groups -OCH3 is 1. The van der Waals surface area contributed by atoms with Crippen LogP contribution in [0.4, 0.5) is 11.4 Å². The molecule has 0 saturated carbocycles. The Kier molecular flexibility index (Phi) is 6.90. The number of ether oxygens (including phenoxy) is 1. The molecule has 7 nitrogen and oxygen atoms in total. The van der Waals surface area contributed by atoms with Gasteiger partial charge in [0.05, 0.1) is 24.2 Å². The van der Waals surface area contributed by atoms with E-state index in [2.05, 4.69) is 5.32 Å². The van der Waals surface area contributed by atoms with E-state index >= 15 is 0 Å². The van der Waals surface area contributed by atoms with Crippen molar-refractivity contribution in [3.63, 3.8) is 0 Å². The average molecular weight is 452 g/mol. The molecule has 2 aromatic carbocycles. The fourth-order valence-corrected chi connectivity index (χ4v) is 5.31. The molecule has 0 spiro atoms. The van der Waals surface area contributed by atoms with Crippen LogP contribution >= 0.6 is 11.6 Å². The Morgan fingerprint density at radius 2 is 1.93 bits per heavy atom. The number of hydrogen-bond acceptors (Lipinski definition) is 5. The molecule has 0 atom stereocenters. The first-order valence-electron chi connectivity index (χ1n) is 9.81. The van der Waals surface area contributed by atoms with Crippen LogP contribution in [0, 0.1) is 0 Å². The van der Waals surface area contributed by atoms with Gasteiger partial charge in [-0.05, 0) is 48.4 Å². The van der Waals surface area contributed by atoms with Gasteiger partial charge in [0, 0.05) is 30.3 Å². The lowest BCUT2D eigenvalue weighted by molar-refractivity contribution is -0.115. The maximum absolute atomic E-state index is 12.8. The van der Waals surface area contributed by atoms with E-state index in [1.807, 2.05) is 18.7 Å². The molecular formula is C21H26ClN3O4S. The number of benzene rings is 2. The summed E-state index contributed by atoms with van der Waals surface area (Å²) in [6, 6.07) is 10.1. The minimum absolute atomic E-state index is 0.144. The van der Waals surface area contributed by atoms with Crippen molar-refractivity contribution in [2.45, 2.75) is 25.2 Å². The number of nitrogens with one attached hydrogen (secondary N) is 1. The summed E-state index contributed by atoms with van der Waals surface area (Å²) in [5.74, 6) is 0.323. The predicted molar refractivity (Wildman–Crippen MR) is 119 cm³/mol. The van der Waals surface area contributed by atoms with Crippen molar-refractivity contribution in [1.82, 2.24) is 4.31 Å². The second-order valence-electron chi connectivity index (χ2n) is 6.94. The Labute approximate surface area is 182 Å². The van der Waals surface area contributed by atoms with Gasteiger partial charge in [0.1, 0.15) is 5.75 Å². The highest BCUT2D eigenvalue weighted by Crippen LogP contribution is 2.32. The summed E-state index contributed by atoms with van der Waals surface area (Å²) in [5.41, 5.74) is 2.31. The summed E-state index contributed by atoms with van der Waals surface area (Å²) in [7, 11) is -1.98. The number of carbonyl (C=O) groups excluding carboxylic acids is 1. The molecule has 1 amide bonds. The molecule has 2 aromatic rings. The number of carbonyl (C=O) groups is 1. The molecule has 1 heterocycles. The summed E-state index contributed by atoms with van der Waals surface area (Å²) >= 11 is 6.02. The van der Waals surface area contributed by atoms with Crippen molar-refractivity contribution >= 4 is 38.9 Å². The van der Waals surface area contributed by atoms with E-state index in [1.54, 1.807) is 36.4 Å². The zero-order valence-corrected chi connectivity index (χ0v) is 18.9.